The minimum atomic E-state index is -1.90. The van der Waals surface area contributed by atoms with Crippen molar-refractivity contribution in [3.05, 3.63) is 0 Å². The van der Waals surface area contributed by atoms with E-state index in [2.05, 4.69) is 10.2 Å². The molecule has 0 bridgehead atoms. The third kappa shape index (κ3) is 1.99. The molecule has 0 aliphatic carbocycles. The molecule has 1 heterocycles. The van der Waals surface area contributed by atoms with Crippen molar-refractivity contribution < 1.29 is 12.6 Å². The van der Waals surface area contributed by atoms with Gasteiger partial charge in [-0.25, -0.2) is 0 Å². The minimum absolute atomic E-state index is 0.0770. The van der Waals surface area contributed by atoms with E-state index in [1.54, 1.807) is 0 Å². The molecule has 6 heteroatoms. The van der Waals surface area contributed by atoms with Crippen molar-refractivity contribution >= 4 is 5.97 Å². The van der Waals surface area contributed by atoms with Crippen molar-refractivity contribution in [1.82, 2.24) is 0 Å². The largest absolute Gasteiger partial charge is 0.480 e. The number of carboxylic acid groups (broad SMARTS) is 1. The van der Waals surface area contributed by atoms with Gasteiger partial charge in [-0.05, 0) is 12.8 Å². The predicted molar refractivity (Wildman–Crippen MR) is 41.5 cm³/mol. The first-order valence-corrected chi connectivity index (χ1v) is 3.47. The fourth-order valence-electron chi connectivity index (χ4n) is 0.646. The fourth-order valence-corrected chi connectivity index (χ4v) is 0.646. The maximum atomic E-state index is 10.4. The SMILES string of the molecule is [2H]C([2H])(C[C@H](N)C(=O)O)C1(CN)N=N1. The molecule has 0 aromatic carbocycles. The lowest BCUT2D eigenvalue weighted by Gasteiger charge is -2.09. The Bertz CT molecular complexity index is 275. The van der Waals surface area contributed by atoms with E-state index in [4.69, 9.17) is 19.3 Å². The molecule has 68 valence electrons. The fraction of sp³-hybridized carbons (Fsp3) is 0.833. The van der Waals surface area contributed by atoms with Gasteiger partial charge in [-0.1, -0.05) is 0 Å². The second kappa shape index (κ2) is 3.16. The maximum absolute atomic E-state index is 10.4. The molecule has 5 N–H and O–H groups in total. The monoisotopic (exact) mass is 174 g/mol. The number of rotatable bonds is 5. The van der Waals surface area contributed by atoms with E-state index in [1.807, 2.05) is 0 Å². The van der Waals surface area contributed by atoms with Crippen molar-refractivity contribution in [2.24, 2.45) is 21.7 Å². The molecular weight excluding hydrogens is 160 g/mol. The highest BCUT2D eigenvalue weighted by atomic mass is 16.4. The van der Waals surface area contributed by atoms with Crippen molar-refractivity contribution in [3.8, 4) is 0 Å². The van der Waals surface area contributed by atoms with Crippen LogP contribution in [0.25, 0.3) is 0 Å². The molecule has 0 radical (unpaired) electrons. The van der Waals surface area contributed by atoms with Gasteiger partial charge in [0, 0.05) is 9.29 Å². The summed E-state index contributed by atoms with van der Waals surface area (Å²) in [4.78, 5) is 10.4. The van der Waals surface area contributed by atoms with Crippen LogP contribution in [0.3, 0.4) is 0 Å². The average Bonchev–Trinajstić information content (AvgIpc) is 2.83. The number of carbonyl (C=O) groups is 1. The number of nitrogens with zero attached hydrogens (tertiary/aromatic N) is 2. The molecule has 1 atom stereocenters. The zero-order valence-electron chi connectivity index (χ0n) is 8.40. The number of carboxylic acids is 1. The quantitative estimate of drug-likeness (QED) is 0.511. The summed E-state index contributed by atoms with van der Waals surface area (Å²) in [6.45, 7) is -0.0770. The van der Waals surface area contributed by atoms with Crippen LogP contribution < -0.4 is 11.5 Å². The molecule has 1 rings (SSSR count). The summed E-state index contributed by atoms with van der Waals surface area (Å²) < 4.78 is 15.1. The van der Waals surface area contributed by atoms with E-state index in [9.17, 15) is 4.79 Å². The molecule has 1 aliphatic heterocycles. The van der Waals surface area contributed by atoms with Crippen LogP contribution in [0.2, 0.25) is 0 Å². The zero-order chi connectivity index (χ0) is 11.0. The summed E-state index contributed by atoms with van der Waals surface area (Å²) >= 11 is 0. The van der Waals surface area contributed by atoms with Gasteiger partial charge >= 0.3 is 5.97 Å². The van der Waals surface area contributed by atoms with Crippen LogP contribution in [-0.4, -0.2) is 29.3 Å². The Hall–Kier alpha value is -1.01. The molecule has 6 nitrogen and oxygen atoms in total. The maximum Gasteiger partial charge on any atom is 0.320 e. The summed E-state index contributed by atoms with van der Waals surface area (Å²) in [6.07, 6.45) is -2.26. The summed E-state index contributed by atoms with van der Waals surface area (Å²) in [5, 5.41) is 15.5. The summed E-state index contributed by atoms with van der Waals surface area (Å²) in [7, 11) is 0. The van der Waals surface area contributed by atoms with Crippen molar-refractivity contribution in [2.45, 2.75) is 24.5 Å². The van der Waals surface area contributed by atoms with Crippen molar-refractivity contribution in [1.29, 1.82) is 0 Å². The second-order valence-electron chi connectivity index (χ2n) is 2.55. The topological polar surface area (TPSA) is 114 Å². The van der Waals surface area contributed by atoms with Crippen LogP contribution >= 0.6 is 0 Å². The van der Waals surface area contributed by atoms with Crippen LogP contribution in [0.4, 0.5) is 0 Å². The normalized spacial score (nSPS) is 24.2. The van der Waals surface area contributed by atoms with Crippen LogP contribution in [0.5, 0.6) is 0 Å². The molecule has 1 aliphatic rings. The molecule has 0 aromatic heterocycles. The molecular formula is C6H12N4O2. The Balaban J connectivity index is 2.62. The molecule has 0 saturated heterocycles. The van der Waals surface area contributed by atoms with E-state index in [-0.39, 0.29) is 13.0 Å². The standard InChI is InChI=1S/C6H12N4O2/c7-3-6(9-10-6)2-1-4(8)5(11)12/h4H,1-3,7-8H2,(H,11,12)/t4-/m0/s1/i2D2. The Morgan fingerprint density at radius 2 is 2.33 bits per heavy atom. The van der Waals surface area contributed by atoms with Crippen LogP contribution in [0.1, 0.15) is 15.5 Å². The van der Waals surface area contributed by atoms with E-state index in [1.165, 1.54) is 0 Å². The molecule has 0 amide bonds. The first-order valence-electron chi connectivity index (χ1n) is 4.47. The van der Waals surface area contributed by atoms with Gasteiger partial charge < -0.3 is 16.6 Å². The minimum Gasteiger partial charge on any atom is -0.480 e. The Labute approximate surface area is 72.5 Å². The summed E-state index contributed by atoms with van der Waals surface area (Å²) in [6, 6.07) is -1.26. The van der Waals surface area contributed by atoms with Gasteiger partial charge in [0.2, 0.25) is 5.66 Å². The summed E-state index contributed by atoms with van der Waals surface area (Å²) in [5.74, 6) is -1.25. The highest BCUT2D eigenvalue weighted by molar-refractivity contribution is 5.72. The Morgan fingerprint density at radius 1 is 1.75 bits per heavy atom. The third-order valence-electron chi connectivity index (χ3n) is 1.55. The van der Waals surface area contributed by atoms with Gasteiger partial charge in [0.1, 0.15) is 6.04 Å². The average molecular weight is 174 g/mol. The van der Waals surface area contributed by atoms with Crippen molar-refractivity contribution in [3.63, 3.8) is 0 Å². The van der Waals surface area contributed by atoms with E-state index >= 15 is 0 Å². The molecule has 0 saturated carbocycles. The highest BCUT2D eigenvalue weighted by Crippen LogP contribution is 2.31. The molecule has 0 fully saturated rings. The molecule has 0 spiro atoms. The van der Waals surface area contributed by atoms with Crippen LogP contribution in [-0.2, 0) is 4.79 Å². The Morgan fingerprint density at radius 3 is 2.67 bits per heavy atom. The molecule has 0 aromatic rings. The van der Waals surface area contributed by atoms with Gasteiger partial charge in [-0.2, -0.15) is 10.2 Å². The van der Waals surface area contributed by atoms with E-state index in [0.717, 1.165) is 0 Å². The number of hydrogen-bond donors (Lipinski definition) is 3. The summed E-state index contributed by atoms with van der Waals surface area (Å²) in [5.41, 5.74) is 9.23. The number of nitrogens with two attached hydrogens (primary N) is 2. The van der Waals surface area contributed by atoms with Gasteiger partial charge in [-0.15, -0.1) is 0 Å². The van der Waals surface area contributed by atoms with Crippen molar-refractivity contribution in [2.75, 3.05) is 6.54 Å². The lowest BCUT2D eigenvalue weighted by atomic mass is 10.0. The number of aliphatic carboxylic acids is 1. The number of hydrogen-bond acceptors (Lipinski definition) is 5. The third-order valence-corrected chi connectivity index (χ3v) is 1.55. The first-order chi connectivity index (χ1) is 6.34. The highest BCUT2D eigenvalue weighted by Gasteiger charge is 2.38. The zero-order valence-corrected chi connectivity index (χ0v) is 6.40. The molecule has 12 heavy (non-hydrogen) atoms. The predicted octanol–water partition coefficient (Wildman–Crippen LogP) is -0.701. The van der Waals surface area contributed by atoms with Gasteiger partial charge in [-0.3, -0.25) is 4.79 Å². The lowest BCUT2D eigenvalue weighted by Crippen LogP contribution is -2.33. The smallest absolute Gasteiger partial charge is 0.320 e. The van der Waals surface area contributed by atoms with E-state index < -0.39 is 24.0 Å². The van der Waals surface area contributed by atoms with Gasteiger partial charge in [0.25, 0.3) is 0 Å². The van der Waals surface area contributed by atoms with Gasteiger partial charge in [0.15, 0.2) is 0 Å². The van der Waals surface area contributed by atoms with Gasteiger partial charge in [0.05, 0.1) is 0 Å². The molecule has 0 unspecified atom stereocenters. The van der Waals surface area contributed by atoms with E-state index in [0.29, 0.717) is 0 Å². The first kappa shape index (κ1) is 6.50. The van der Waals surface area contributed by atoms with Crippen LogP contribution in [0.15, 0.2) is 10.2 Å². The Kier molecular flexibility index (Phi) is 1.71. The second-order valence-corrected chi connectivity index (χ2v) is 2.55. The van der Waals surface area contributed by atoms with Crippen LogP contribution in [0, 0.1) is 0 Å². The lowest BCUT2D eigenvalue weighted by molar-refractivity contribution is -0.138.